The van der Waals surface area contributed by atoms with E-state index < -0.39 is 6.04 Å². The molecule has 0 radical (unpaired) electrons. The van der Waals surface area contributed by atoms with Gasteiger partial charge >= 0.3 is 0 Å². The second-order valence-electron chi connectivity index (χ2n) is 9.46. The molecular formula is C28H30N6O2. The summed E-state index contributed by atoms with van der Waals surface area (Å²) in [5, 5.41) is 19.6. The summed E-state index contributed by atoms with van der Waals surface area (Å²) < 4.78 is 0. The van der Waals surface area contributed by atoms with Gasteiger partial charge in [0.1, 0.15) is 6.04 Å². The van der Waals surface area contributed by atoms with Gasteiger partial charge in [-0.3, -0.25) is 14.9 Å². The van der Waals surface area contributed by atoms with Gasteiger partial charge in [-0.2, -0.15) is 5.26 Å². The van der Waals surface area contributed by atoms with Crippen LogP contribution in [0.1, 0.15) is 32.1 Å². The highest BCUT2D eigenvalue weighted by atomic mass is 16.2. The summed E-state index contributed by atoms with van der Waals surface area (Å²) in [7, 11) is 0. The van der Waals surface area contributed by atoms with Crippen molar-refractivity contribution in [1.82, 2.24) is 15.1 Å². The van der Waals surface area contributed by atoms with Crippen LogP contribution in [-0.2, 0) is 9.59 Å². The van der Waals surface area contributed by atoms with E-state index in [1.54, 1.807) is 4.90 Å². The van der Waals surface area contributed by atoms with Gasteiger partial charge in [-0.25, -0.2) is 4.99 Å². The maximum Gasteiger partial charge on any atom is 0.247 e. The molecule has 1 unspecified atom stereocenters. The van der Waals surface area contributed by atoms with E-state index in [-0.39, 0.29) is 24.3 Å². The van der Waals surface area contributed by atoms with Crippen molar-refractivity contribution in [3.05, 3.63) is 54.6 Å². The lowest BCUT2D eigenvalue weighted by Crippen LogP contribution is -2.45. The van der Waals surface area contributed by atoms with Crippen molar-refractivity contribution in [2.45, 2.75) is 38.1 Å². The number of anilines is 1. The number of nitriles is 1. The van der Waals surface area contributed by atoms with Crippen LogP contribution in [0.15, 0.2) is 59.6 Å². The smallest absolute Gasteiger partial charge is 0.247 e. The number of aliphatic imine (C=N–C) groups is 1. The number of carbonyl (C=O) groups excluding carboxylic acids is 2. The van der Waals surface area contributed by atoms with Gasteiger partial charge in [0.05, 0.1) is 6.54 Å². The molecule has 0 saturated carbocycles. The summed E-state index contributed by atoms with van der Waals surface area (Å²) in [4.78, 5) is 34.0. The maximum atomic E-state index is 13.3. The number of hydrogen-bond acceptors (Lipinski definition) is 4. The Morgan fingerprint density at radius 1 is 0.944 bits per heavy atom. The number of rotatable bonds is 4. The molecule has 2 N–H and O–H groups in total. The minimum atomic E-state index is -0.647. The third-order valence-corrected chi connectivity index (χ3v) is 6.96. The number of carbonyl (C=O) groups is 2. The van der Waals surface area contributed by atoms with Crippen LogP contribution in [-0.4, -0.2) is 59.8 Å². The molecule has 8 nitrogen and oxygen atoms in total. The first-order valence-corrected chi connectivity index (χ1v) is 12.6. The normalized spacial score (nSPS) is 18.8. The predicted molar refractivity (Wildman–Crippen MR) is 141 cm³/mol. The number of likely N-dealkylation sites (tertiary alicyclic amines) is 2. The monoisotopic (exact) mass is 482 g/mol. The molecular weight excluding hydrogens is 452 g/mol. The Labute approximate surface area is 210 Å². The van der Waals surface area contributed by atoms with E-state index in [0.717, 1.165) is 60.6 Å². The molecule has 0 aromatic heterocycles. The van der Waals surface area contributed by atoms with E-state index in [1.165, 1.54) is 5.39 Å². The second-order valence-corrected chi connectivity index (χ2v) is 9.46. The number of guanidine groups is 1. The van der Waals surface area contributed by atoms with E-state index >= 15 is 0 Å². The van der Waals surface area contributed by atoms with Gasteiger partial charge in [0.2, 0.25) is 17.8 Å². The Kier molecular flexibility index (Phi) is 6.99. The summed E-state index contributed by atoms with van der Waals surface area (Å²) in [5.41, 5.74) is 0.765. The van der Waals surface area contributed by atoms with Crippen molar-refractivity contribution < 1.29 is 9.59 Å². The Morgan fingerprint density at radius 2 is 1.64 bits per heavy atom. The van der Waals surface area contributed by atoms with Crippen molar-refractivity contribution in [2.24, 2.45) is 4.99 Å². The largest absolute Gasteiger partial charge is 0.341 e. The Balaban J connectivity index is 1.35. The molecule has 3 aromatic carbocycles. The molecule has 2 fully saturated rings. The van der Waals surface area contributed by atoms with Gasteiger partial charge < -0.3 is 15.1 Å². The third kappa shape index (κ3) is 5.25. The number of hydrogen-bond donors (Lipinski definition) is 2. The Morgan fingerprint density at radius 3 is 2.39 bits per heavy atom. The third-order valence-electron chi connectivity index (χ3n) is 6.96. The van der Waals surface area contributed by atoms with Gasteiger partial charge in [0.15, 0.2) is 6.19 Å². The van der Waals surface area contributed by atoms with Gasteiger partial charge in [-0.1, -0.05) is 30.3 Å². The molecule has 2 saturated heterocycles. The summed E-state index contributed by atoms with van der Waals surface area (Å²) in [6, 6.07) is 17.8. The lowest BCUT2D eigenvalue weighted by atomic mass is 10.0. The van der Waals surface area contributed by atoms with E-state index in [1.807, 2.05) is 41.4 Å². The molecule has 3 aromatic rings. The SMILES string of the molecule is N#CNC(=NC1CCCCN(CC(=O)N2CCCC2)C1=O)Nc1ccc2cc3ccccc3cc2c1. The molecule has 2 aliphatic rings. The van der Waals surface area contributed by atoms with E-state index in [2.05, 4.69) is 39.9 Å². The lowest BCUT2D eigenvalue weighted by Gasteiger charge is -2.25. The van der Waals surface area contributed by atoms with Crippen molar-refractivity contribution >= 4 is 45.0 Å². The fraction of sp³-hybridized carbons (Fsp3) is 0.357. The number of nitrogens with one attached hydrogen (secondary N) is 2. The zero-order chi connectivity index (χ0) is 24.9. The highest BCUT2D eigenvalue weighted by Gasteiger charge is 2.30. The first kappa shape index (κ1) is 23.6. The fourth-order valence-electron chi connectivity index (χ4n) is 5.05. The van der Waals surface area contributed by atoms with Gasteiger partial charge in [0.25, 0.3) is 0 Å². The summed E-state index contributed by atoms with van der Waals surface area (Å²) in [5.74, 6) is 0.0652. The average molecular weight is 483 g/mol. The molecule has 0 bridgehead atoms. The zero-order valence-electron chi connectivity index (χ0n) is 20.2. The summed E-state index contributed by atoms with van der Waals surface area (Å²) in [6.45, 7) is 2.18. The van der Waals surface area contributed by atoms with Crippen LogP contribution in [0.25, 0.3) is 21.5 Å². The van der Waals surface area contributed by atoms with Crippen LogP contribution in [0.4, 0.5) is 5.69 Å². The zero-order valence-corrected chi connectivity index (χ0v) is 20.2. The van der Waals surface area contributed by atoms with Crippen molar-refractivity contribution in [1.29, 1.82) is 5.26 Å². The van der Waals surface area contributed by atoms with Crippen LogP contribution < -0.4 is 10.6 Å². The molecule has 2 amide bonds. The van der Waals surface area contributed by atoms with Crippen LogP contribution in [0, 0.1) is 11.5 Å². The van der Waals surface area contributed by atoms with E-state index in [4.69, 9.17) is 0 Å². The number of benzene rings is 3. The molecule has 2 heterocycles. The average Bonchev–Trinajstić information content (AvgIpc) is 3.38. The fourth-order valence-corrected chi connectivity index (χ4v) is 5.05. The summed E-state index contributed by atoms with van der Waals surface area (Å²) >= 11 is 0. The molecule has 0 aliphatic carbocycles. The van der Waals surface area contributed by atoms with Crippen LogP contribution in [0.5, 0.6) is 0 Å². The Hall–Kier alpha value is -4.12. The van der Waals surface area contributed by atoms with Crippen molar-refractivity contribution in [3.63, 3.8) is 0 Å². The van der Waals surface area contributed by atoms with Crippen LogP contribution >= 0.6 is 0 Å². The highest BCUT2D eigenvalue weighted by Crippen LogP contribution is 2.25. The topological polar surface area (TPSA) is 101 Å². The Bertz CT molecular complexity index is 1360. The second kappa shape index (κ2) is 10.6. The van der Waals surface area contributed by atoms with E-state index in [9.17, 15) is 14.9 Å². The van der Waals surface area contributed by atoms with Crippen molar-refractivity contribution in [3.8, 4) is 6.19 Å². The highest BCUT2D eigenvalue weighted by molar-refractivity contribution is 6.02. The minimum absolute atomic E-state index is 0.00247. The minimum Gasteiger partial charge on any atom is -0.341 e. The maximum absolute atomic E-state index is 13.3. The number of nitrogens with zero attached hydrogens (tertiary/aromatic N) is 4. The standard InChI is InChI=1S/C28H30N6O2/c29-19-30-28(31-24-11-10-22-15-20-7-1-2-8-21(20)16-23(22)17-24)32-25-9-3-4-14-34(27(25)36)18-26(35)33-12-5-6-13-33/h1-2,7-8,10-11,15-17,25H,3-6,9,12-14,18H2,(H2,30,31,32). The van der Waals surface area contributed by atoms with Gasteiger partial charge in [-0.05, 0) is 77.9 Å². The molecule has 0 spiro atoms. The van der Waals surface area contributed by atoms with Crippen LogP contribution in [0.2, 0.25) is 0 Å². The van der Waals surface area contributed by atoms with Gasteiger partial charge in [-0.15, -0.1) is 0 Å². The number of fused-ring (bicyclic) bond motifs is 2. The van der Waals surface area contributed by atoms with Gasteiger partial charge in [0, 0.05) is 25.3 Å². The van der Waals surface area contributed by atoms with Crippen molar-refractivity contribution in [2.75, 3.05) is 31.5 Å². The number of amides is 2. The van der Waals surface area contributed by atoms with Crippen LogP contribution in [0.3, 0.4) is 0 Å². The lowest BCUT2D eigenvalue weighted by molar-refractivity contribution is -0.140. The molecule has 2 aliphatic heterocycles. The molecule has 36 heavy (non-hydrogen) atoms. The first-order valence-electron chi connectivity index (χ1n) is 12.6. The predicted octanol–water partition coefficient (Wildman–Crippen LogP) is 3.84. The van der Waals surface area contributed by atoms with E-state index in [0.29, 0.717) is 13.0 Å². The quantitative estimate of drug-likeness (QED) is 0.194. The first-order chi connectivity index (χ1) is 17.6. The molecule has 184 valence electrons. The molecule has 1 atom stereocenters. The molecule has 8 heteroatoms. The summed E-state index contributed by atoms with van der Waals surface area (Å²) in [6.07, 6.45) is 6.20. The molecule has 5 rings (SSSR count).